The van der Waals surface area contributed by atoms with E-state index in [9.17, 15) is 19.5 Å². The van der Waals surface area contributed by atoms with Crippen molar-refractivity contribution in [1.29, 1.82) is 0 Å². The molecule has 1 saturated carbocycles. The van der Waals surface area contributed by atoms with Crippen LogP contribution in [0.4, 0.5) is 11.4 Å². The zero-order valence-corrected chi connectivity index (χ0v) is 16.2. The number of benzene rings is 2. The fourth-order valence-electron chi connectivity index (χ4n) is 3.93. The molecule has 8 heteroatoms. The van der Waals surface area contributed by atoms with E-state index in [1.165, 1.54) is 0 Å². The molecule has 2 amide bonds. The van der Waals surface area contributed by atoms with Crippen molar-refractivity contribution in [2.75, 3.05) is 17.4 Å². The number of hydrogen-bond acceptors (Lipinski definition) is 5. The van der Waals surface area contributed by atoms with E-state index >= 15 is 0 Å². The molecule has 4 rings (SSSR count). The monoisotopic (exact) mass is 410 g/mol. The average molecular weight is 410 g/mol. The van der Waals surface area contributed by atoms with Gasteiger partial charge in [-0.1, -0.05) is 25.0 Å². The van der Waals surface area contributed by atoms with Crippen molar-refractivity contribution in [2.24, 2.45) is 11.8 Å². The van der Waals surface area contributed by atoms with Gasteiger partial charge in [0.15, 0.2) is 11.5 Å². The number of amides is 2. The summed E-state index contributed by atoms with van der Waals surface area (Å²) >= 11 is 0. The van der Waals surface area contributed by atoms with E-state index in [0.29, 0.717) is 35.7 Å². The van der Waals surface area contributed by atoms with Crippen molar-refractivity contribution >= 4 is 29.2 Å². The molecule has 1 aliphatic carbocycles. The van der Waals surface area contributed by atoms with Crippen LogP contribution in [0.15, 0.2) is 42.5 Å². The van der Waals surface area contributed by atoms with Gasteiger partial charge in [-0.05, 0) is 37.1 Å². The molecule has 2 aliphatic rings. The molecular weight excluding hydrogens is 388 g/mol. The third-order valence-electron chi connectivity index (χ3n) is 5.48. The summed E-state index contributed by atoms with van der Waals surface area (Å²) in [6.07, 6.45) is 2.62. The Bertz CT molecular complexity index is 989. The highest BCUT2D eigenvalue weighted by Gasteiger charge is 2.36. The predicted molar refractivity (Wildman–Crippen MR) is 109 cm³/mol. The molecular formula is C22H22N2O6. The van der Waals surface area contributed by atoms with Crippen LogP contribution >= 0.6 is 0 Å². The number of rotatable bonds is 5. The first-order valence-corrected chi connectivity index (χ1v) is 9.86. The number of carbonyl (C=O) groups is 3. The van der Waals surface area contributed by atoms with Crippen molar-refractivity contribution in [3.05, 3.63) is 48.0 Å². The highest BCUT2D eigenvalue weighted by molar-refractivity contribution is 6.10. The Morgan fingerprint density at radius 3 is 2.43 bits per heavy atom. The summed E-state index contributed by atoms with van der Waals surface area (Å²) in [5.74, 6) is -1.88. The molecule has 0 saturated heterocycles. The first kappa shape index (κ1) is 19.8. The van der Waals surface area contributed by atoms with Gasteiger partial charge < -0.3 is 25.2 Å². The summed E-state index contributed by atoms with van der Waals surface area (Å²) < 4.78 is 10.6. The van der Waals surface area contributed by atoms with Gasteiger partial charge in [0.1, 0.15) is 0 Å². The molecule has 156 valence electrons. The van der Waals surface area contributed by atoms with Gasteiger partial charge in [0.25, 0.3) is 5.91 Å². The summed E-state index contributed by atoms with van der Waals surface area (Å²) in [6.45, 7) is 0.139. The van der Waals surface area contributed by atoms with Crippen molar-refractivity contribution in [3.8, 4) is 11.5 Å². The standard InChI is InChI=1S/C22H22N2O6/c25-20(14-5-1-2-6-15(14)22(27)28)24-17-8-4-3-7-16(17)21(26)23-13-9-10-18-19(11-13)30-12-29-18/h3-4,7-11,14-15H,1-2,5-6,12H2,(H,23,26)(H,24,25)(H,27,28)/t14-,15+/m0/s1. The lowest BCUT2D eigenvalue weighted by Gasteiger charge is -2.27. The molecule has 0 bridgehead atoms. The molecule has 2 aromatic carbocycles. The molecule has 1 heterocycles. The number of carboxylic acid groups (broad SMARTS) is 1. The highest BCUT2D eigenvalue weighted by atomic mass is 16.7. The molecule has 1 fully saturated rings. The fourth-order valence-corrected chi connectivity index (χ4v) is 3.93. The molecule has 2 atom stereocenters. The maximum absolute atomic E-state index is 12.8. The zero-order valence-electron chi connectivity index (χ0n) is 16.2. The van der Waals surface area contributed by atoms with Gasteiger partial charge in [0, 0.05) is 11.8 Å². The second-order valence-electron chi connectivity index (χ2n) is 7.39. The van der Waals surface area contributed by atoms with Gasteiger partial charge >= 0.3 is 5.97 Å². The number of aliphatic carboxylic acids is 1. The third-order valence-corrected chi connectivity index (χ3v) is 5.48. The maximum atomic E-state index is 12.8. The predicted octanol–water partition coefficient (Wildman–Crippen LogP) is 3.50. The molecule has 30 heavy (non-hydrogen) atoms. The summed E-state index contributed by atoms with van der Waals surface area (Å²) in [5, 5.41) is 15.0. The van der Waals surface area contributed by atoms with Crippen LogP contribution in [-0.2, 0) is 9.59 Å². The Morgan fingerprint density at radius 2 is 1.63 bits per heavy atom. The van der Waals surface area contributed by atoms with Gasteiger partial charge in [-0.25, -0.2) is 0 Å². The van der Waals surface area contributed by atoms with Crippen molar-refractivity contribution < 1.29 is 29.0 Å². The van der Waals surface area contributed by atoms with Crippen LogP contribution in [0.3, 0.4) is 0 Å². The van der Waals surface area contributed by atoms with Gasteiger partial charge in [0.2, 0.25) is 12.7 Å². The van der Waals surface area contributed by atoms with Gasteiger partial charge in [0.05, 0.1) is 23.1 Å². The van der Waals surface area contributed by atoms with E-state index < -0.39 is 23.7 Å². The summed E-state index contributed by atoms with van der Waals surface area (Å²) in [7, 11) is 0. The minimum atomic E-state index is -0.955. The topological polar surface area (TPSA) is 114 Å². The molecule has 3 N–H and O–H groups in total. The fraction of sp³-hybridized carbons (Fsp3) is 0.318. The van der Waals surface area contributed by atoms with Crippen molar-refractivity contribution in [1.82, 2.24) is 0 Å². The van der Waals surface area contributed by atoms with Crippen molar-refractivity contribution in [3.63, 3.8) is 0 Å². The number of carboxylic acids is 1. The van der Waals surface area contributed by atoms with E-state index in [4.69, 9.17) is 9.47 Å². The van der Waals surface area contributed by atoms with Crippen LogP contribution in [-0.4, -0.2) is 29.7 Å². The van der Waals surface area contributed by atoms with Gasteiger partial charge in [-0.2, -0.15) is 0 Å². The Hall–Kier alpha value is -3.55. The Kier molecular flexibility index (Phi) is 5.56. The van der Waals surface area contributed by atoms with E-state index in [1.54, 1.807) is 42.5 Å². The Morgan fingerprint density at radius 1 is 0.900 bits per heavy atom. The summed E-state index contributed by atoms with van der Waals surface area (Å²) in [4.78, 5) is 37.2. The molecule has 2 aromatic rings. The number of ether oxygens (including phenoxy) is 2. The number of para-hydroxylation sites is 1. The molecule has 1 aliphatic heterocycles. The van der Waals surface area contributed by atoms with E-state index in [-0.39, 0.29) is 18.3 Å². The van der Waals surface area contributed by atoms with Crippen molar-refractivity contribution in [2.45, 2.75) is 25.7 Å². The lowest BCUT2D eigenvalue weighted by atomic mass is 9.78. The van der Waals surface area contributed by atoms with E-state index in [2.05, 4.69) is 10.6 Å². The van der Waals surface area contributed by atoms with Crippen LogP contribution in [0.2, 0.25) is 0 Å². The van der Waals surface area contributed by atoms with E-state index in [1.807, 2.05) is 0 Å². The first-order valence-electron chi connectivity index (χ1n) is 9.86. The maximum Gasteiger partial charge on any atom is 0.307 e. The number of nitrogens with one attached hydrogen (secondary N) is 2. The Balaban J connectivity index is 1.50. The lowest BCUT2D eigenvalue weighted by Crippen LogP contribution is -2.36. The van der Waals surface area contributed by atoms with Crippen LogP contribution in [0.1, 0.15) is 36.0 Å². The number of hydrogen-bond donors (Lipinski definition) is 3. The third kappa shape index (κ3) is 4.07. The summed E-state index contributed by atoms with van der Waals surface area (Å²) in [6, 6.07) is 11.7. The van der Waals surface area contributed by atoms with Crippen LogP contribution in [0.25, 0.3) is 0 Å². The van der Waals surface area contributed by atoms with Gasteiger partial charge in [-0.15, -0.1) is 0 Å². The minimum Gasteiger partial charge on any atom is -0.481 e. The second-order valence-corrected chi connectivity index (χ2v) is 7.39. The first-order chi connectivity index (χ1) is 14.5. The second kappa shape index (κ2) is 8.44. The normalized spacial score (nSPS) is 19.7. The van der Waals surface area contributed by atoms with Crippen LogP contribution < -0.4 is 20.1 Å². The molecule has 0 radical (unpaired) electrons. The largest absolute Gasteiger partial charge is 0.481 e. The van der Waals surface area contributed by atoms with Crippen LogP contribution in [0.5, 0.6) is 11.5 Å². The van der Waals surface area contributed by atoms with Gasteiger partial charge in [-0.3, -0.25) is 14.4 Å². The number of fused-ring (bicyclic) bond motifs is 1. The number of carbonyl (C=O) groups excluding carboxylic acids is 2. The Labute approximate surface area is 173 Å². The minimum absolute atomic E-state index is 0.139. The smallest absolute Gasteiger partial charge is 0.307 e. The lowest BCUT2D eigenvalue weighted by molar-refractivity contribution is -0.147. The molecule has 0 aromatic heterocycles. The molecule has 8 nitrogen and oxygen atoms in total. The highest BCUT2D eigenvalue weighted by Crippen LogP contribution is 2.35. The van der Waals surface area contributed by atoms with Crippen LogP contribution in [0, 0.1) is 11.8 Å². The molecule has 0 spiro atoms. The quantitative estimate of drug-likeness (QED) is 0.695. The SMILES string of the molecule is O=C(Nc1ccc2c(c1)OCO2)c1ccccc1NC(=O)[C@H]1CCCC[C@H]1C(=O)O. The zero-order chi connectivity index (χ0) is 21.1. The van der Waals surface area contributed by atoms with E-state index in [0.717, 1.165) is 12.8 Å². The average Bonchev–Trinajstić information content (AvgIpc) is 3.22. The molecule has 0 unspecified atom stereocenters. The number of anilines is 2. The summed E-state index contributed by atoms with van der Waals surface area (Å²) in [5.41, 5.74) is 1.16.